The molecule has 1 aliphatic carbocycles. The molecule has 0 radical (unpaired) electrons. The van der Waals surface area contributed by atoms with Crippen LogP contribution in [0.3, 0.4) is 0 Å². The fourth-order valence-electron chi connectivity index (χ4n) is 2.47. The normalized spacial score (nSPS) is 16.4. The highest BCUT2D eigenvalue weighted by atomic mass is 16.6. The second-order valence-corrected chi connectivity index (χ2v) is 4.97. The number of benzene rings is 1. The van der Waals surface area contributed by atoms with E-state index in [-0.39, 0.29) is 11.7 Å². The molecule has 2 rings (SSSR count). The van der Waals surface area contributed by atoms with Crippen molar-refractivity contribution in [1.82, 2.24) is 0 Å². The maximum atomic E-state index is 10.9. The molecule has 0 unspecified atom stereocenters. The molecule has 6 nitrogen and oxygen atoms in total. The number of ether oxygens (including phenoxy) is 1. The number of carboxylic acids is 1. The van der Waals surface area contributed by atoms with Crippen molar-refractivity contribution < 1.29 is 19.6 Å². The first-order chi connectivity index (χ1) is 9.58. The van der Waals surface area contributed by atoms with E-state index in [0.717, 1.165) is 25.7 Å². The number of hydrogen-bond donors (Lipinski definition) is 1. The van der Waals surface area contributed by atoms with Gasteiger partial charge in [0.25, 0.3) is 5.69 Å². The van der Waals surface area contributed by atoms with Crippen LogP contribution in [-0.4, -0.2) is 22.1 Å². The number of carbonyl (C=O) groups is 1. The third kappa shape index (κ3) is 3.46. The predicted molar refractivity (Wildman–Crippen MR) is 72.2 cm³/mol. The summed E-state index contributed by atoms with van der Waals surface area (Å²) in [5, 5.41) is 19.8. The van der Waals surface area contributed by atoms with Crippen molar-refractivity contribution in [3.8, 4) is 5.75 Å². The zero-order valence-electron chi connectivity index (χ0n) is 11.1. The van der Waals surface area contributed by atoms with Crippen molar-refractivity contribution in [2.75, 3.05) is 0 Å². The van der Waals surface area contributed by atoms with Crippen LogP contribution in [0.25, 0.3) is 0 Å². The largest absolute Gasteiger partial charge is 0.490 e. The van der Waals surface area contributed by atoms with Gasteiger partial charge < -0.3 is 9.84 Å². The SMILES string of the molecule is O=C(O)c1ccc(OC2CCCCCC2)cc1[N+](=O)[O-]. The summed E-state index contributed by atoms with van der Waals surface area (Å²) in [6.07, 6.45) is 6.52. The Labute approximate surface area is 116 Å². The van der Waals surface area contributed by atoms with Crippen molar-refractivity contribution in [3.63, 3.8) is 0 Å². The topological polar surface area (TPSA) is 89.7 Å². The summed E-state index contributed by atoms with van der Waals surface area (Å²) in [4.78, 5) is 21.1. The van der Waals surface area contributed by atoms with Crippen LogP contribution in [0.5, 0.6) is 5.75 Å². The summed E-state index contributed by atoms with van der Waals surface area (Å²) in [7, 11) is 0. The van der Waals surface area contributed by atoms with Crippen LogP contribution in [0.2, 0.25) is 0 Å². The number of nitro benzene ring substituents is 1. The molecule has 0 heterocycles. The number of aromatic carboxylic acids is 1. The van der Waals surface area contributed by atoms with Crippen molar-refractivity contribution in [2.24, 2.45) is 0 Å². The maximum absolute atomic E-state index is 10.9. The molecule has 0 bridgehead atoms. The van der Waals surface area contributed by atoms with Crippen LogP contribution in [-0.2, 0) is 0 Å². The van der Waals surface area contributed by atoms with Crippen molar-refractivity contribution >= 4 is 11.7 Å². The van der Waals surface area contributed by atoms with Gasteiger partial charge in [-0.2, -0.15) is 0 Å². The Hall–Kier alpha value is -2.11. The van der Waals surface area contributed by atoms with E-state index < -0.39 is 16.6 Å². The van der Waals surface area contributed by atoms with Crippen LogP contribution in [0.15, 0.2) is 18.2 Å². The lowest BCUT2D eigenvalue weighted by Crippen LogP contribution is -2.15. The van der Waals surface area contributed by atoms with E-state index in [4.69, 9.17) is 9.84 Å². The van der Waals surface area contributed by atoms with Gasteiger partial charge in [-0.1, -0.05) is 12.8 Å². The van der Waals surface area contributed by atoms with Gasteiger partial charge in [0.2, 0.25) is 0 Å². The van der Waals surface area contributed by atoms with Gasteiger partial charge in [-0.3, -0.25) is 10.1 Å². The molecule has 6 heteroatoms. The summed E-state index contributed by atoms with van der Waals surface area (Å²) in [6.45, 7) is 0. The average molecular weight is 279 g/mol. The lowest BCUT2D eigenvalue weighted by molar-refractivity contribution is -0.385. The van der Waals surface area contributed by atoms with Gasteiger partial charge in [-0.15, -0.1) is 0 Å². The highest BCUT2D eigenvalue weighted by molar-refractivity contribution is 5.92. The van der Waals surface area contributed by atoms with Gasteiger partial charge in [0.05, 0.1) is 17.1 Å². The molecule has 1 saturated carbocycles. The lowest BCUT2D eigenvalue weighted by atomic mass is 10.1. The number of nitrogens with zero attached hydrogens (tertiary/aromatic N) is 1. The van der Waals surface area contributed by atoms with Gasteiger partial charge in [0, 0.05) is 0 Å². The minimum absolute atomic E-state index is 0.0628. The summed E-state index contributed by atoms with van der Waals surface area (Å²) in [5.74, 6) is -0.939. The third-order valence-electron chi connectivity index (χ3n) is 3.50. The van der Waals surface area contributed by atoms with Gasteiger partial charge in [-0.05, 0) is 37.8 Å². The molecule has 0 atom stereocenters. The minimum Gasteiger partial charge on any atom is -0.490 e. The Balaban J connectivity index is 2.18. The Morgan fingerprint density at radius 1 is 1.25 bits per heavy atom. The summed E-state index contributed by atoms with van der Waals surface area (Å²) >= 11 is 0. The molecule has 1 fully saturated rings. The Morgan fingerprint density at radius 2 is 1.90 bits per heavy atom. The highest BCUT2D eigenvalue weighted by Gasteiger charge is 2.22. The lowest BCUT2D eigenvalue weighted by Gasteiger charge is -2.16. The van der Waals surface area contributed by atoms with E-state index in [2.05, 4.69) is 0 Å². The molecule has 0 amide bonds. The third-order valence-corrected chi connectivity index (χ3v) is 3.50. The molecule has 20 heavy (non-hydrogen) atoms. The monoisotopic (exact) mass is 279 g/mol. The second kappa shape index (κ2) is 6.36. The second-order valence-electron chi connectivity index (χ2n) is 4.97. The molecule has 1 aromatic rings. The quantitative estimate of drug-likeness (QED) is 0.518. The first kappa shape index (κ1) is 14.3. The van der Waals surface area contributed by atoms with E-state index in [1.807, 2.05) is 0 Å². The fourth-order valence-corrected chi connectivity index (χ4v) is 2.47. The average Bonchev–Trinajstić information content (AvgIpc) is 2.67. The Kier molecular flexibility index (Phi) is 4.55. The molecule has 1 aliphatic rings. The predicted octanol–water partition coefficient (Wildman–Crippen LogP) is 3.39. The molecule has 0 spiro atoms. The first-order valence-corrected chi connectivity index (χ1v) is 6.76. The Morgan fingerprint density at radius 3 is 2.45 bits per heavy atom. The van der Waals surface area contributed by atoms with Crippen LogP contribution in [0, 0.1) is 10.1 Å². The maximum Gasteiger partial charge on any atom is 0.342 e. The van der Waals surface area contributed by atoms with E-state index in [1.165, 1.54) is 31.0 Å². The van der Waals surface area contributed by atoms with Crippen LogP contribution in [0.1, 0.15) is 48.9 Å². The van der Waals surface area contributed by atoms with Crippen molar-refractivity contribution in [1.29, 1.82) is 0 Å². The molecule has 108 valence electrons. The molecule has 1 N–H and O–H groups in total. The van der Waals surface area contributed by atoms with Crippen molar-refractivity contribution in [3.05, 3.63) is 33.9 Å². The standard InChI is InChI=1S/C14H17NO5/c16-14(17)12-8-7-11(9-13(12)15(18)19)20-10-5-3-1-2-4-6-10/h7-10H,1-6H2,(H,16,17). The smallest absolute Gasteiger partial charge is 0.342 e. The first-order valence-electron chi connectivity index (χ1n) is 6.76. The van der Waals surface area contributed by atoms with Crippen LogP contribution < -0.4 is 4.74 Å². The number of hydrogen-bond acceptors (Lipinski definition) is 4. The number of rotatable bonds is 4. The number of carboxylic acid groups (broad SMARTS) is 1. The zero-order chi connectivity index (χ0) is 14.5. The fraction of sp³-hybridized carbons (Fsp3) is 0.500. The van der Waals surface area contributed by atoms with E-state index in [9.17, 15) is 14.9 Å². The Bertz CT molecular complexity index is 506. The van der Waals surface area contributed by atoms with Crippen molar-refractivity contribution in [2.45, 2.75) is 44.6 Å². The van der Waals surface area contributed by atoms with Crippen LogP contribution >= 0.6 is 0 Å². The van der Waals surface area contributed by atoms with Gasteiger partial charge in [-0.25, -0.2) is 4.79 Å². The van der Waals surface area contributed by atoms with E-state index in [1.54, 1.807) is 0 Å². The molecular weight excluding hydrogens is 262 g/mol. The van der Waals surface area contributed by atoms with E-state index >= 15 is 0 Å². The van der Waals surface area contributed by atoms with Crippen LogP contribution in [0.4, 0.5) is 5.69 Å². The zero-order valence-corrected chi connectivity index (χ0v) is 11.1. The molecule has 1 aromatic carbocycles. The summed E-state index contributed by atoms with van der Waals surface area (Å²) in [5.41, 5.74) is -0.744. The summed E-state index contributed by atoms with van der Waals surface area (Å²) < 4.78 is 5.76. The van der Waals surface area contributed by atoms with Gasteiger partial charge in [0.15, 0.2) is 0 Å². The van der Waals surface area contributed by atoms with Gasteiger partial charge >= 0.3 is 5.97 Å². The van der Waals surface area contributed by atoms with Gasteiger partial charge in [0.1, 0.15) is 11.3 Å². The highest BCUT2D eigenvalue weighted by Crippen LogP contribution is 2.28. The minimum atomic E-state index is -1.31. The molecule has 0 aliphatic heterocycles. The number of nitro groups is 1. The molecule has 0 saturated heterocycles. The molecular formula is C14H17NO5. The summed E-state index contributed by atoms with van der Waals surface area (Å²) in [6, 6.07) is 3.92. The van der Waals surface area contributed by atoms with E-state index in [0.29, 0.717) is 5.75 Å². The molecule has 0 aromatic heterocycles.